The molecule has 0 aliphatic carbocycles. The molecule has 0 fully saturated rings. The molecule has 2 rings (SSSR count). The molecule has 2 aromatic rings. The number of carbonyl (C=O) groups is 1. The highest BCUT2D eigenvalue weighted by Crippen LogP contribution is 2.26. The molecule has 0 saturated heterocycles. The summed E-state index contributed by atoms with van der Waals surface area (Å²) >= 11 is 11.8. The van der Waals surface area contributed by atoms with E-state index in [9.17, 15) is 9.18 Å². The SMILES string of the molecule is O=C(c1cncc(F)c1)c1c(Cl)cccc1Cl. The van der Waals surface area contributed by atoms with Crippen LogP contribution in [0.2, 0.25) is 10.0 Å². The lowest BCUT2D eigenvalue weighted by atomic mass is 10.1. The van der Waals surface area contributed by atoms with E-state index in [1.807, 2.05) is 0 Å². The standard InChI is InChI=1S/C12H6Cl2FNO/c13-9-2-1-3-10(14)11(9)12(17)7-4-8(15)6-16-5-7/h1-6H. The van der Waals surface area contributed by atoms with Crippen LogP contribution < -0.4 is 0 Å². The van der Waals surface area contributed by atoms with Crippen molar-refractivity contribution in [2.45, 2.75) is 0 Å². The molecule has 0 aliphatic rings. The molecule has 86 valence electrons. The summed E-state index contributed by atoms with van der Waals surface area (Å²) < 4.78 is 13.0. The van der Waals surface area contributed by atoms with Gasteiger partial charge in [0.05, 0.1) is 21.8 Å². The number of aromatic nitrogens is 1. The van der Waals surface area contributed by atoms with Crippen molar-refractivity contribution in [3.05, 3.63) is 63.6 Å². The molecule has 0 N–H and O–H groups in total. The molecule has 1 aromatic carbocycles. The lowest BCUT2D eigenvalue weighted by molar-refractivity contribution is 0.103. The minimum absolute atomic E-state index is 0.111. The number of carbonyl (C=O) groups excluding carboxylic acids is 1. The number of ketones is 1. The fourth-order valence-corrected chi connectivity index (χ4v) is 1.96. The molecule has 0 unspecified atom stereocenters. The summed E-state index contributed by atoms with van der Waals surface area (Å²) in [6, 6.07) is 5.82. The molecule has 0 aliphatic heterocycles. The summed E-state index contributed by atoms with van der Waals surface area (Å²) in [6.07, 6.45) is 2.29. The lowest BCUT2D eigenvalue weighted by Crippen LogP contribution is -2.04. The van der Waals surface area contributed by atoms with Crippen LogP contribution in [0.4, 0.5) is 4.39 Å². The molecular weight excluding hydrogens is 264 g/mol. The van der Waals surface area contributed by atoms with Gasteiger partial charge in [-0.3, -0.25) is 9.78 Å². The van der Waals surface area contributed by atoms with Crippen LogP contribution in [0.15, 0.2) is 36.7 Å². The van der Waals surface area contributed by atoms with Crippen molar-refractivity contribution in [2.75, 3.05) is 0 Å². The van der Waals surface area contributed by atoms with E-state index < -0.39 is 11.6 Å². The Kier molecular flexibility index (Phi) is 3.41. The Labute approximate surface area is 107 Å². The van der Waals surface area contributed by atoms with Crippen molar-refractivity contribution < 1.29 is 9.18 Å². The average Bonchev–Trinajstić information content (AvgIpc) is 2.28. The van der Waals surface area contributed by atoms with Crippen LogP contribution in [0.1, 0.15) is 15.9 Å². The highest BCUT2D eigenvalue weighted by atomic mass is 35.5. The van der Waals surface area contributed by atoms with Crippen LogP contribution in [-0.4, -0.2) is 10.8 Å². The smallest absolute Gasteiger partial charge is 0.197 e. The number of hydrogen-bond acceptors (Lipinski definition) is 2. The lowest BCUT2D eigenvalue weighted by Gasteiger charge is -2.05. The third-order valence-corrected chi connectivity index (χ3v) is 2.79. The zero-order valence-corrected chi connectivity index (χ0v) is 9.97. The minimum Gasteiger partial charge on any atom is -0.288 e. The number of rotatable bonds is 2. The number of benzene rings is 1. The molecule has 2 nitrogen and oxygen atoms in total. The van der Waals surface area contributed by atoms with Crippen molar-refractivity contribution in [3.63, 3.8) is 0 Å². The van der Waals surface area contributed by atoms with Gasteiger partial charge < -0.3 is 0 Å². The molecule has 0 saturated carbocycles. The second-order valence-corrected chi connectivity index (χ2v) is 4.13. The first-order valence-corrected chi connectivity index (χ1v) is 5.44. The van der Waals surface area contributed by atoms with Gasteiger partial charge in [-0.15, -0.1) is 0 Å². The molecule has 0 amide bonds. The van der Waals surface area contributed by atoms with Gasteiger partial charge >= 0.3 is 0 Å². The van der Waals surface area contributed by atoms with E-state index in [1.54, 1.807) is 18.2 Å². The van der Waals surface area contributed by atoms with Gasteiger partial charge in [-0.05, 0) is 18.2 Å². The van der Waals surface area contributed by atoms with E-state index in [-0.39, 0.29) is 21.2 Å². The number of hydrogen-bond donors (Lipinski definition) is 0. The summed E-state index contributed by atoms with van der Waals surface area (Å²) in [4.78, 5) is 15.7. The topological polar surface area (TPSA) is 30.0 Å². The van der Waals surface area contributed by atoms with E-state index >= 15 is 0 Å². The highest BCUT2D eigenvalue weighted by molar-refractivity contribution is 6.40. The van der Waals surface area contributed by atoms with E-state index in [1.165, 1.54) is 6.20 Å². The number of halogens is 3. The summed E-state index contributed by atoms with van der Waals surface area (Å²) in [5.41, 5.74) is 0.267. The van der Waals surface area contributed by atoms with Crippen molar-refractivity contribution in [3.8, 4) is 0 Å². The fourth-order valence-electron chi connectivity index (χ4n) is 1.40. The maximum absolute atomic E-state index is 13.0. The van der Waals surface area contributed by atoms with Crippen molar-refractivity contribution in [2.24, 2.45) is 0 Å². The first kappa shape index (κ1) is 12.0. The predicted molar refractivity (Wildman–Crippen MR) is 64.1 cm³/mol. The second-order valence-electron chi connectivity index (χ2n) is 3.32. The summed E-state index contributed by atoms with van der Waals surface area (Å²) in [6.45, 7) is 0. The molecule has 1 aromatic heterocycles. The Morgan fingerprint density at radius 3 is 2.41 bits per heavy atom. The van der Waals surface area contributed by atoms with Gasteiger partial charge in [-0.2, -0.15) is 0 Å². The van der Waals surface area contributed by atoms with E-state index in [0.717, 1.165) is 12.3 Å². The highest BCUT2D eigenvalue weighted by Gasteiger charge is 2.17. The molecule has 0 bridgehead atoms. The second kappa shape index (κ2) is 4.82. The van der Waals surface area contributed by atoms with Crippen LogP contribution in [0.3, 0.4) is 0 Å². The normalized spacial score (nSPS) is 10.3. The predicted octanol–water partition coefficient (Wildman–Crippen LogP) is 3.76. The first-order valence-electron chi connectivity index (χ1n) is 4.69. The van der Waals surface area contributed by atoms with Crippen LogP contribution >= 0.6 is 23.2 Å². The Bertz CT molecular complexity index is 566. The molecule has 17 heavy (non-hydrogen) atoms. The Morgan fingerprint density at radius 2 is 1.82 bits per heavy atom. The van der Waals surface area contributed by atoms with Crippen LogP contribution in [-0.2, 0) is 0 Å². The first-order chi connectivity index (χ1) is 8.09. The largest absolute Gasteiger partial charge is 0.288 e. The Hall–Kier alpha value is -1.45. The molecule has 5 heteroatoms. The van der Waals surface area contributed by atoms with Crippen LogP contribution in [0.25, 0.3) is 0 Å². The van der Waals surface area contributed by atoms with Gasteiger partial charge in [-0.1, -0.05) is 29.3 Å². The summed E-state index contributed by atoms with van der Waals surface area (Å²) in [5, 5.41) is 0.457. The van der Waals surface area contributed by atoms with Crippen molar-refractivity contribution >= 4 is 29.0 Å². The third-order valence-electron chi connectivity index (χ3n) is 2.16. The summed E-state index contributed by atoms with van der Waals surface area (Å²) in [7, 11) is 0. The molecule has 0 radical (unpaired) electrons. The number of pyridine rings is 1. The maximum atomic E-state index is 13.0. The molecule has 0 spiro atoms. The third kappa shape index (κ3) is 2.46. The van der Waals surface area contributed by atoms with Gasteiger partial charge in [0.1, 0.15) is 5.82 Å². The van der Waals surface area contributed by atoms with E-state index in [4.69, 9.17) is 23.2 Å². The van der Waals surface area contributed by atoms with Gasteiger partial charge in [0.25, 0.3) is 0 Å². The quantitative estimate of drug-likeness (QED) is 0.778. The average molecular weight is 270 g/mol. The van der Waals surface area contributed by atoms with Gasteiger partial charge in [0, 0.05) is 11.8 Å². The monoisotopic (exact) mass is 269 g/mol. The van der Waals surface area contributed by atoms with E-state index in [0.29, 0.717) is 0 Å². The van der Waals surface area contributed by atoms with Gasteiger partial charge in [0.15, 0.2) is 5.78 Å². The maximum Gasteiger partial charge on any atom is 0.197 e. The molecule has 0 atom stereocenters. The Balaban J connectivity index is 2.51. The Morgan fingerprint density at radius 1 is 1.18 bits per heavy atom. The molecule has 1 heterocycles. The van der Waals surface area contributed by atoms with Crippen molar-refractivity contribution in [1.82, 2.24) is 4.98 Å². The van der Waals surface area contributed by atoms with Gasteiger partial charge in [0.2, 0.25) is 0 Å². The van der Waals surface area contributed by atoms with Crippen LogP contribution in [0.5, 0.6) is 0 Å². The van der Waals surface area contributed by atoms with Crippen molar-refractivity contribution in [1.29, 1.82) is 0 Å². The van der Waals surface area contributed by atoms with Gasteiger partial charge in [-0.25, -0.2) is 4.39 Å². The van der Waals surface area contributed by atoms with Crippen LogP contribution in [0, 0.1) is 5.82 Å². The summed E-state index contributed by atoms with van der Waals surface area (Å²) in [5.74, 6) is -1.04. The number of nitrogens with zero attached hydrogens (tertiary/aromatic N) is 1. The zero-order chi connectivity index (χ0) is 12.4. The minimum atomic E-state index is -0.584. The van der Waals surface area contributed by atoms with E-state index in [2.05, 4.69) is 4.98 Å². The zero-order valence-electron chi connectivity index (χ0n) is 8.45. The molecular formula is C12H6Cl2FNO. The fraction of sp³-hybridized carbons (Fsp3) is 0.